The van der Waals surface area contributed by atoms with Crippen molar-refractivity contribution in [1.29, 1.82) is 0 Å². The van der Waals surface area contributed by atoms with E-state index in [0.29, 0.717) is 12.0 Å². The third kappa shape index (κ3) is 2.33. The second-order valence-electron chi connectivity index (χ2n) is 4.00. The summed E-state index contributed by atoms with van der Waals surface area (Å²) in [4.78, 5) is 11.2. The van der Waals surface area contributed by atoms with Crippen LogP contribution in [-0.4, -0.2) is 11.1 Å². The maximum Gasteiger partial charge on any atom is 0.335 e. The van der Waals surface area contributed by atoms with Crippen LogP contribution in [0.3, 0.4) is 0 Å². The second-order valence-corrected chi connectivity index (χ2v) is 4.00. The highest BCUT2D eigenvalue weighted by atomic mass is 16.4. The SMILES string of the molecule is C=CCc1c(C(=O)O)cccc1-c1ccccc1. The van der Waals surface area contributed by atoms with Crippen molar-refractivity contribution in [3.8, 4) is 11.1 Å². The van der Waals surface area contributed by atoms with Crippen LogP contribution in [0.1, 0.15) is 15.9 Å². The quantitative estimate of drug-likeness (QED) is 0.823. The smallest absolute Gasteiger partial charge is 0.335 e. The number of carbonyl (C=O) groups is 1. The molecule has 0 spiro atoms. The van der Waals surface area contributed by atoms with Gasteiger partial charge in [0.25, 0.3) is 0 Å². The fourth-order valence-corrected chi connectivity index (χ4v) is 2.04. The van der Waals surface area contributed by atoms with Gasteiger partial charge in [-0.1, -0.05) is 48.5 Å². The van der Waals surface area contributed by atoms with E-state index in [1.807, 2.05) is 36.4 Å². The van der Waals surface area contributed by atoms with Crippen LogP contribution in [0, 0.1) is 0 Å². The standard InChI is InChI=1S/C16H14O2/c1-2-7-14-13(12-8-4-3-5-9-12)10-6-11-15(14)16(17)18/h2-6,8-11H,1,7H2,(H,17,18). The van der Waals surface area contributed by atoms with Crippen molar-refractivity contribution >= 4 is 5.97 Å². The summed E-state index contributed by atoms with van der Waals surface area (Å²) in [5.74, 6) is -0.898. The fraction of sp³-hybridized carbons (Fsp3) is 0.0625. The van der Waals surface area contributed by atoms with Crippen LogP contribution in [0.25, 0.3) is 11.1 Å². The average molecular weight is 238 g/mol. The van der Waals surface area contributed by atoms with Crippen LogP contribution in [0.2, 0.25) is 0 Å². The Balaban J connectivity index is 2.63. The summed E-state index contributed by atoms with van der Waals surface area (Å²) in [6, 6.07) is 15.1. The molecule has 0 unspecified atom stereocenters. The summed E-state index contributed by atoms with van der Waals surface area (Å²) in [5, 5.41) is 9.23. The zero-order chi connectivity index (χ0) is 13.0. The van der Waals surface area contributed by atoms with Gasteiger partial charge in [-0.25, -0.2) is 4.79 Å². The Bertz CT molecular complexity index is 571. The predicted octanol–water partition coefficient (Wildman–Crippen LogP) is 3.78. The third-order valence-corrected chi connectivity index (χ3v) is 2.84. The van der Waals surface area contributed by atoms with E-state index < -0.39 is 5.97 Å². The average Bonchev–Trinajstić information content (AvgIpc) is 2.40. The van der Waals surface area contributed by atoms with Crippen LogP contribution in [0.5, 0.6) is 0 Å². The lowest BCUT2D eigenvalue weighted by atomic mass is 9.93. The normalized spacial score (nSPS) is 10.0. The molecule has 0 aliphatic rings. The van der Waals surface area contributed by atoms with Crippen LogP contribution in [-0.2, 0) is 6.42 Å². The zero-order valence-electron chi connectivity index (χ0n) is 9.97. The molecule has 0 aliphatic carbocycles. The summed E-state index contributed by atoms with van der Waals surface area (Å²) in [6.45, 7) is 3.70. The number of hydrogen-bond donors (Lipinski definition) is 1. The number of aromatic carboxylic acids is 1. The minimum absolute atomic E-state index is 0.344. The van der Waals surface area contributed by atoms with Crippen molar-refractivity contribution in [2.75, 3.05) is 0 Å². The highest BCUT2D eigenvalue weighted by molar-refractivity contribution is 5.92. The van der Waals surface area contributed by atoms with Crippen molar-refractivity contribution in [1.82, 2.24) is 0 Å². The van der Waals surface area contributed by atoms with E-state index in [4.69, 9.17) is 0 Å². The Morgan fingerprint density at radius 2 is 1.83 bits per heavy atom. The predicted molar refractivity (Wildman–Crippen MR) is 72.7 cm³/mol. The van der Waals surface area contributed by atoms with Crippen molar-refractivity contribution < 1.29 is 9.90 Å². The summed E-state index contributed by atoms with van der Waals surface area (Å²) >= 11 is 0. The van der Waals surface area contributed by atoms with E-state index in [1.165, 1.54) is 0 Å². The van der Waals surface area contributed by atoms with Gasteiger partial charge in [-0.2, -0.15) is 0 Å². The first-order valence-corrected chi connectivity index (χ1v) is 5.75. The van der Waals surface area contributed by atoms with Gasteiger partial charge in [0, 0.05) is 0 Å². The Hall–Kier alpha value is -2.35. The van der Waals surface area contributed by atoms with Crippen molar-refractivity contribution in [3.63, 3.8) is 0 Å². The summed E-state index contributed by atoms with van der Waals surface area (Å²) in [5.41, 5.74) is 3.13. The molecule has 2 heteroatoms. The first-order chi connectivity index (χ1) is 8.74. The molecule has 2 aromatic rings. The number of rotatable bonds is 4. The molecule has 0 fully saturated rings. The topological polar surface area (TPSA) is 37.3 Å². The van der Waals surface area contributed by atoms with E-state index in [-0.39, 0.29) is 0 Å². The van der Waals surface area contributed by atoms with Gasteiger partial charge in [0.1, 0.15) is 0 Å². The van der Waals surface area contributed by atoms with E-state index in [9.17, 15) is 9.90 Å². The molecule has 0 saturated carbocycles. The largest absolute Gasteiger partial charge is 0.478 e. The number of benzene rings is 2. The number of carboxylic acid groups (broad SMARTS) is 1. The van der Waals surface area contributed by atoms with Crippen molar-refractivity contribution in [2.45, 2.75) is 6.42 Å². The number of hydrogen-bond acceptors (Lipinski definition) is 1. The summed E-state index contributed by atoms with van der Waals surface area (Å²) < 4.78 is 0. The maximum atomic E-state index is 11.2. The van der Waals surface area contributed by atoms with Gasteiger partial charge in [-0.05, 0) is 29.2 Å². The monoisotopic (exact) mass is 238 g/mol. The highest BCUT2D eigenvalue weighted by Crippen LogP contribution is 2.27. The van der Waals surface area contributed by atoms with E-state index in [0.717, 1.165) is 16.7 Å². The molecule has 2 rings (SSSR count). The molecule has 0 radical (unpaired) electrons. The Kier molecular flexibility index (Phi) is 3.58. The molecule has 0 bridgehead atoms. The van der Waals surface area contributed by atoms with Crippen LogP contribution >= 0.6 is 0 Å². The zero-order valence-corrected chi connectivity index (χ0v) is 9.97. The van der Waals surface area contributed by atoms with Gasteiger partial charge >= 0.3 is 5.97 Å². The Labute approximate surface area is 106 Å². The Morgan fingerprint density at radius 3 is 2.44 bits per heavy atom. The molecule has 0 saturated heterocycles. The minimum atomic E-state index is -0.898. The maximum absolute atomic E-state index is 11.2. The molecule has 0 amide bonds. The summed E-state index contributed by atoms with van der Waals surface area (Å²) in [7, 11) is 0. The molecule has 2 aromatic carbocycles. The number of allylic oxidation sites excluding steroid dienone is 1. The van der Waals surface area contributed by atoms with Crippen LogP contribution < -0.4 is 0 Å². The van der Waals surface area contributed by atoms with Gasteiger partial charge in [0.2, 0.25) is 0 Å². The van der Waals surface area contributed by atoms with Gasteiger partial charge in [-0.3, -0.25) is 0 Å². The lowest BCUT2D eigenvalue weighted by molar-refractivity contribution is 0.0696. The van der Waals surface area contributed by atoms with Crippen LogP contribution in [0.15, 0.2) is 61.2 Å². The van der Waals surface area contributed by atoms with Crippen molar-refractivity contribution in [2.24, 2.45) is 0 Å². The molecule has 1 N–H and O–H groups in total. The second kappa shape index (κ2) is 5.32. The minimum Gasteiger partial charge on any atom is -0.478 e. The lowest BCUT2D eigenvalue weighted by Gasteiger charge is -2.11. The molecule has 0 heterocycles. The first kappa shape index (κ1) is 12.1. The molecule has 0 aromatic heterocycles. The molecule has 90 valence electrons. The number of carboxylic acids is 1. The van der Waals surface area contributed by atoms with Crippen molar-refractivity contribution in [3.05, 3.63) is 72.3 Å². The summed E-state index contributed by atoms with van der Waals surface area (Å²) in [6.07, 6.45) is 2.28. The third-order valence-electron chi connectivity index (χ3n) is 2.84. The van der Waals surface area contributed by atoms with E-state index >= 15 is 0 Å². The van der Waals surface area contributed by atoms with Gasteiger partial charge in [0.15, 0.2) is 0 Å². The van der Waals surface area contributed by atoms with E-state index in [1.54, 1.807) is 18.2 Å². The van der Waals surface area contributed by atoms with Crippen LogP contribution in [0.4, 0.5) is 0 Å². The molecular formula is C16H14O2. The van der Waals surface area contributed by atoms with Gasteiger partial charge < -0.3 is 5.11 Å². The molecule has 0 atom stereocenters. The first-order valence-electron chi connectivity index (χ1n) is 5.75. The van der Waals surface area contributed by atoms with Gasteiger partial charge in [-0.15, -0.1) is 6.58 Å². The molecule has 2 nitrogen and oxygen atoms in total. The Morgan fingerprint density at radius 1 is 1.11 bits per heavy atom. The lowest BCUT2D eigenvalue weighted by Crippen LogP contribution is -2.03. The molecule has 18 heavy (non-hydrogen) atoms. The fourth-order valence-electron chi connectivity index (χ4n) is 2.04. The van der Waals surface area contributed by atoms with E-state index in [2.05, 4.69) is 6.58 Å². The molecule has 0 aliphatic heterocycles. The molecular weight excluding hydrogens is 224 g/mol. The van der Waals surface area contributed by atoms with Gasteiger partial charge in [0.05, 0.1) is 5.56 Å². The highest BCUT2D eigenvalue weighted by Gasteiger charge is 2.13.